The highest BCUT2D eigenvalue weighted by Crippen LogP contribution is 2.17. The summed E-state index contributed by atoms with van der Waals surface area (Å²) in [5.74, 6) is 5.27. The molecular formula is C10H14N6O2S. The SMILES string of the molecule is NNc1ccncc1S(=O)(=O)NCCn1ccnc1. The number of hydrazine groups is 1. The molecule has 0 saturated heterocycles. The highest BCUT2D eigenvalue weighted by atomic mass is 32.2. The Labute approximate surface area is 110 Å². The van der Waals surface area contributed by atoms with Crippen molar-refractivity contribution < 1.29 is 8.42 Å². The van der Waals surface area contributed by atoms with Crippen molar-refractivity contribution in [3.8, 4) is 0 Å². The molecule has 2 aromatic rings. The van der Waals surface area contributed by atoms with Gasteiger partial charge >= 0.3 is 0 Å². The van der Waals surface area contributed by atoms with Gasteiger partial charge in [-0.05, 0) is 6.07 Å². The van der Waals surface area contributed by atoms with Crippen LogP contribution in [0.15, 0.2) is 42.1 Å². The normalized spacial score (nSPS) is 11.4. The fourth-order valence-corrected chi connectivity index (χ4v) is 2.65. The molecular weight excluding hydrogens is 268 g/mol. The van der Waals surface area contributed by atoms with E-state index in [0.29, 0.717) is 12.2 Å². The predicted molar refractivity (Wildman–Crippen MR) is 69.5 cm³/mol. The molecule has 0 radical (unpaired) electrons. The summed E-state index contributed by atoms with van der Waals surface area (Å²) >= 11 is 0. The van der Waals surface area contributed by atoms with Crippen LogP contribution in [-0.2, 0) is 16.6 Å². The van der Waals surface area contributed by atoms with Crippen LogP contribution < -0.4 is 16.0 Å². The Kier molecular flexibility index (Phi) is 4.10. The first-order valence-corrected chi connectivity index (χ1v) is 6.98. The minimum Gasteiger partial charge on any atom is -0.336 e. The van der Waals surface area contributed by atoms with Crippen LogP contribution in [0.2, 0.25) is 0 Å². The van der Waals surface area contributed by atoms with Crippen molar-refractivity contribution >= 4 is 15.7 Å². The maximum atomic E-state index is 12.1. The minimum atomic E-state index is -3.64. The Morgan fingerprint density at radius 2 is 2.16 bits per heavy atom. The molecule has 2 aromatic heterocycles. The molecule has 0 unspecified atom stereocenters. The van der Waals surface area contributed by atoms with E-state index < -0.39 is 10.0 Å². The largest absolute Gasteiger partial charge is 0.336 e. The van der Waals surface area contributed by atoms with Gasteiger partial charge in [-0.3, -0.25) is 10.8 Å². The summed E-state index contributed by atoms with van der Waals surface area (Å²) in [5, 5.41) is 0. The first kappa shape index (κ1) is 13.5. The highest BCUT2D eigenvalue weighted by Gasteiger charge is 2.17. The summed E-state index contributed by atoms with van der Waals surface area (Å²) in [6.07, 6.45) is 7.71. The van der Waals surface area contributed by atoms with Crippen LogP contribution in [0, 0.1) is 0 Å². The summed E-state index contributed by atoms with van der Waals surface area (Å²) < 4.78 is 28.4. The average molecular weight is 282 g/mol. The van der Waals surface area contributed by atoms with Crippen LogP contribution in [0.1, 0.15) is 0 Å². The number of hydrogen-bond donors (Lipinski definition) is 3. The molecule has 0 bridgehead atoms. The van der Waals surface area contributed by atoms with Crippen LogP contribution in [0.5, 0.6) is 0 Å². The van der Waals surface area contributed by atoms with Gasteiger partial charge in [-0.1, -0.05) is 0 Å². The number of rotatable bonds is 6. The van der Waals surface area contributed by atoms with E-state index >= 15 is 0 Å². The number of nitrogens with zero attached hydrogens (tertiary/aromatic N) is 3. The number of anilines is 1. The summed E-state index contributed by atoms with van der Waals surface area (Å²) in [4.78, 5) is 7.68. The Morgan fingerprint density at radius 3 is 2.84 bits per heavy atom. The second-order valence-electron chi connectivity index (χ2n) is 3.71. The number of hydrogen-bond acceptors (Lipinski definition) is 6. The zero-order valence-electron chi connectivity index (χ0n) is 10.0. The number of imidazole rings is 1. The van der Waals surface area contributed by atoms with E-state index in [1.165, 1.54) is 18.5 Å². The molecule has 2 heterocycles. The fraction of sp³-hybridized carbons (Fsp3) is 0.200. The molecule has 0 aliphatic carbocycles. The smallest absolute Gasteiger partial charge is 0.244 e. The molecule has 0 spiro atoms. The second kappa shape index (κ2) is 5.78. The maximum Gasteiger partial charge on any atom is 0.244 e. The topological polar surface area (TPSA) is 115 Å². The molecule has 0 atom stereocenters. The van der Waals surface area contributed by atoms with E-state index in [0.717, 1.165) is 0 Å². The molecule has 0 aliphatic rings. The summed E-state index contributed by atoms with van der Waals surface area (Å²) in [6, 6.07) is 1.49. The minimum absolute atomic E-state index is 0.0168. The molecule has 0 aliphatic heterocycles. The lowest BCUT2D eigenvalue weighted by atomic mass is 10.4. The van der Waals surface area contributed by atoms with E-state index in [-0.39, 0.29) is 11.4 Å². The Bertz CT molecular complexity index is 625. The molecule has 19 heavy (non-hydrogen) atoms. The zero-order chi connectivity index (χ0) is 13.7. The fourth-order valence-electron chi connectivity index (χ4n) is 1.52. The van der Waals surface area contributed by atoms with Gasteiger partial charge in [-0.2, -0.15) is 0 Å². The van der Waals surface area contributed by atoms with Gasteiger partial charge < -0.3 is 9.99 Å². The van der Waals surface area contributed by atoms with E-state index in [4.69, 9.17) is 5.84 Å². The van der Waals surface area contributed by atoms with Gasteiger partial charge in [0.25, 0.3) is 0 Å². The first-order chi connectivity index (χ1) is 9.13. The van der Waals surface area contributed by atoms with Crippen LogP contribution in [-0.4, -0.2) is 29.5 Å². The molecule has 4 N–H and O–H groups in total. The maximum absolute atomic E-state index is 12.1. The molecule has 2 rings (SSSR count). The number of nitrogens with two attached hydrogens (primary N) is 1. The van der Waals surface area contributed by atoms with Gasteiger partial charge in [0.05, 0.1) is 12.0 Å². The third kappa shape index (κ3) is 3.28. The van der Waals surface area contributed by atoms with E-state index in [1.807, 2.05) is 0 Å². The molecule has 8 nitrogen and oxygen atoms in total. The number of pyridine rings is 1. The highest BCUT2D eigenvalue weighted by molar-refractivity contribution is 7.89. The summed E-state index contributed by atoms with van der Waals surface area (Å²) in [6.45, 7) is 0.739. The Balaban J connectivity index is 2.05. The average Bonchev–Trinajstić information content (AvgIpc) is 2.91. The van der Waals surface area contributed by atoms with E-state index in [9.17, 15) is 8.42 Å². The third-order valence-electron chi connectivity index (χ3n) is 2.45. The monoisotopic (exact) mass is 282 g/mol. The van der Waals surface area contributed by atoms with Gasteiger partial charge in [0.1, 0.15) is 4.90 Å². The van der Waals surface area contributed by atoms with Crippen LogP contribution >= 0.6 is 0 Å². The first-order valence-electron chi connectivity index (χ1n) is 5.49. The molecule has 0 saturated carbocycles. The molecule has 0 aromatic carbocycles. The number of nitrogens with one attached hydrogen (secondary N) is 2. The lowest BCUT2D eigenvalue weighted by molar-refractivity contribution is 0.572. The standard InChI is InChI=1S/C10H14N6O2S/c11-15-9-1-2-12-7-10(9)19(17,18)14-4-6-16-5-3-13-8-16/h1-3,5,7-8,14H,4,6,11H2,(H,12,15). The molecule has 102 valence electrons. The van der Waals surface area contributed by atoms with Gasteiger partial charge in [0.15, 0.2) is 0 Å². The van der Waals surface area contributed by atoms with Crippen molar-refractivity contribution in [2.24, 2.45) is 5.84 Å². The third-order valence-corrected chi connectivity index (χ3v) is 3.94. The molecule has 0 fully saturated rings. The van der Waals surface area contributed by atoms with E-state index in [1.54, 1.807) is 23.3 Å². The summed E-state index contributed by atoms with van der Waals surface area (Å²) in [5.41, 5.74) is 2.63. The van der Waals surface area contributed by atoms with Crippen molar-refractivity contribution in [3.63, 3.8) is 0 Å². The van der Waals surface area contributed by atoms with Crippen LogP contribution in [0.3, 0.4) is 0 Å². The van der Waals surface area contributed by atoms with Gasteiger partial charge in [-0.25, -0.2) is 18.1 Å². The van der Waals surface area contributed by atoms with Gasteiger partial charge in [0, 0.05) is 37.9 Å². The number of sulfonamides is 1. The number of nitrogen functional groups attached to an aromatic ring is 1. The summed E-state index contributed by atoms with van der Waals surface area (Å²) in [7, 11) is -3.64. The predicted octanol–water partition coefficient (Wildman–Crippen LogP) is -0.458. The van der Waals surface area contributed by atoms with Crippen molar-refractivity contribution in [2.45, 2.75) is 11.4 Å². The lowest BCUT2D eigenvalue weighted by Crippen LogP contribution is -2.28. The van der Waals surface area contributed by atoms with Gasteiger partial charge in [0.2, 0.25) is 10.0 Å². The van der Waals surface area contributed by atoms with Crippen molar-refractivity contribution in [1.82, 2.24) is 19.3 Å². The quantitative estimate of drug-likeness (QED) is 0.488. The van der Waals surface area contributed by atoms with Crippen LogP contribution in [0.4, 0.5) is 5.69 Å². The van der Waals surface area contributed by atoms with Crippen molar-refractivity contribution in [1.29, 1.82) is 0 Å². The Hall–Kier alpha value is -1.97. The zero-order valence-corrected chi connectivity index (χ0v) is 10.8. The van der Waals surface area contributed by atoms with Gasteiger partial charge in [-0.15, -0.1) is 0 Å². The second-order valence-corrected chi connectivity index (χ2v) is 5.45. The van der Waals surface area contributed by atoms with Crippen molar-refractivity contribution in [3.05, 3.63) is 37.2 Å². The molecule has 9 heteroatoms. The van der Waals surface area contributed by atoms with Crippen LogP contribution in [0.25, 0.3) is 0 Å². The van der Waals surface area contributed by atoms with E-state index in [2.05, 4.69) is 20.1 Å². The number of aromatic nitrogens is 3. The Morgan fingerprint density at radius 1 is 1.32 bits per heavy atom. The van der Waals surface area contributed by atoms with Crippen molar-refractivity contribution in [2.75, 3.05) is 12.0 Å². The molecule has 0 amide bonds. The lowest BCUT2D eigenvalue weighted by Gasteiger charge is -2.10.